The first-order valence-electron chi connectivity index (χ1n) is 6.89. The number of aromatic amines is 1. The number of nitrogens with one attached hydrogen (secondary N) is 3. The highest BCUT2D eigenvalue weighted by molar-refractivity contribution is 6.33. The lowest BCUT2D eigenvalue weighted by Gasteiger charge is -2.09. The van der Waals surface area contributed by atoms with Crippen molar-refractivity contribution in [2.24, 2.45) is 0 Å². The van der Waals surface area contributed by atoms with Gasteiger partial charge in [0.05, 0.1) is 16.2 Å². The van der Waals surface area contributed by atoms with Gasteiger partial charge in [-0.25, -0.2) is 0 Å². The summed E-state index contributed by atoms with van der Waals surface area (Å²) in [6.07, 6.45) is 0. The van der Waals surface area contributed by atoms with Gasteiger partial charge in [-0.3, -0.25) is 5.10 Å². The molecule has 0 saturated carbocycles. The number of rotatable bonds is 4. The summed E-state index contributed by atoms with van der Waals surface area (Å²) in [7, 11) is 0. The highest BCUT2D eigenvalue weighted by Gasteiger charge is 2.07. The second-order valence-electron chi connectivity index (χ2n) is 5.24. The van der Waals surface area contributed by atoms with Crippen LogP contribution in [0.3, 0.4) is 0 Å². The van der Waals surface area contributed by atoms with Crippen LogP contribution >= 0.6 is 11.6 Å². The summed E-state index contributed by atoms with van der Waals surface area (Å²) in [5.74, 6) is 0.879. The minimum Gasteiger partial charge on any atom is -0.366 e. The maximum atomic E-state index is 6.16. The Hall–Kier alpha value is -2.20. The van der Waals surface area contributed by atoms with E-state index in [1.807, 2.05) is 42.5 Å². The number of anilines is 3. The quantitative estimate of drug-likeness (QED) is 0.650. The van der Waals surface area contributed by atoms with Gasteiger partial charge in [-0.05, 0) is 44.2 Å². The lowest BCUT2D eigenvalue weighted by molar-refractivity contribution is 0.886. The molecular weight excluding hydrogens is 284 g/mol. The summed E-state index contributed by atoms with van der Waals surface area (Å²) in [6.45, 7) is 4.18. The first-order chi connectivity index (χ1) is 10.1. The molecule has 3 aromatic rings. The molecule has 21 heavy (non-hydrogen) atoms. The number of para-hydroxylation sites is 1. The molecular formula is C16H17ClN4. The van der Waals surface area contributed by atoms with Crippen LogP contribution in [0.4, 0.5) is 17.2 Å². The third-order valence-electron chi connectivity index (χ3n) is 3.14. The number of benzene rings is 2. The zero-order valence-corrected chi connectivity index (χ0v) is 12.7. The van der Waals surface area contributed by atoms with Crippen molar-refractivity contribution in [3.63, 3.8) is 0 Å². The van der Waals surface area contributed by atoms with Crippen LogP contribution in [0.25, 0.3) is 10.9 Å². The van der Waals surface area contributed by atoms with Crippen molar-refractivity contribution in [2.45, 2.75) is 19.9 Å². The number of fused-ring (bicyclic) bond motifs is 1. The van der Waals surface area contributed by atoms with E-state index in [4.69, 9.17) is 11.6 Å². The van der Waals surface area contributed by atoms with Crippen LogP contribution < -0.4 is 10.6 Å². The van der Waals surface area contributed by atoms with Crippen molar-refractivity contribution in [1.82, 2.24) is 10.2 Å². The molecule has 2 aromatic carbocycles. The van der Waals surface area contributed by atoms with Crippen molar-refractivity contribution < 1.29 is 0 Å². The highest BCUT2D eigenvalue weighted by Crippen LogP contribution is 2.28. The van der Waals surface area contributed by atoms with Crippen molar-refractivity contribution >= 4 is 39.7 Å². The Labute approximate surface area is 128 Å². The van der Waals surface area contributed by atoms with Gasteiger partial charge in [0, 0.05) is 17.1 Å². The van der Waals surface area contributed by atoms with E-state index in [1.165, 1.54) is 0 Å². The minimum atomic E-state index is 0.345. The van der Waals surface area contributed by atoms with E-state index < -0.39 is 0 Å². The minimum absolute atomic E-state index is 0.345. The number of hydrogen-bond donors (Lipinski definition) is 3. The Morgan fingerprint density at radius 2 is 1.95 bits per heavy atom. The number of hydrogen-bond acceptors (Lipinski definition) is 3. The van der Waals surface area contributed by atoms with Crippen LogP contribution in [-0.2, 0) is 0 Å². The maximum Gasteiger partial charge on any atom is 0.155 e. The van der Waals surface area contributed by atoms with E-state index in [-0.39, 0.29) is 0 Å². The van der Waals surface area contributed by atoms with Gasteiger partial charge in [-0.2, -0.15) is 5.10 Å². The fourth-order valence-electron chi connectivity index (χ4n) is 2.20. The monoisotopic (exact) mass is 300 g/mol. The summed E-state index contributed by atoms with van der Waals surface area (Å²) in [5.41, 5.74) is 2.84. The Balaban J connectivity index is 1.90. The Bertz CT molecular complexity index is 764. The van der Waals surface area contributed by atoms with E-state index in [0.717, 1.165) is 28.1 Å². The third kappa shape index (κ3) is 2.95. The van der Waals surface area contributed by atoms with Crippen LogP contribution in [0.15, 0.2) is 42.5 Å². The van der Waals surface area contributed by atoms with Gasteiger partial charge in [0.25, 0.3) is 0 Å². The molecule has 0 radical (unpaired) electrons. The third-order valence-corrected chi connectivity index (χ3v) is 3.47. The lowest BCUT2D eigenvalue weighted by atomic mass is 10.2. The summed E-state index contributed by atoms with van der Waals surface area (Å²) >= 11 is 6.16. The first kappa shape index (κ1) is 13.8. The van der Waals surface area contributed by atoms with Gasteiger partial charge >= 0.3 is 0 Å². The van der Waals surface area contributed by atoms with Gasteiger partial charge < -0.3 is 10.6 Å². The zero-order valence-electron chi connectivity index (χ0n) is 11.9. The van der Waals surface area contributed by atoms with Gasteiger partial charge in [0.2, 0.25) is 0 Å². The molecule has 0 aliphatic carbocycles. The molecule has 3 rings (SSSR count). The van der Waals surface area contributed by atoms with Crippen molar-refractivity contribution in [3.8, 4) is 0 Å². The Morgan fingerprint density at radius 1 is 1.14 bits per heavy atom. The standard InChI is InChI=1S/C16H17ClN4/c1-10(2)18-16-12-8-7-11(9-15(12)20-21-16)19-14-6-4-3-5-13(14)17/h3-10,19H,1-2H3,(H2,18,20,21). The molecule has 5 heteroatoms. The van der Waals surface area contributed by atoms with Crippen LogP contribution in [-0.4, -0.2) is 16.2 Å². The van der Waals surface area contributed by atoms with Gasteiger partial charge in [-0.15, -0.1) is 0 Å². The molecule has 1 heterocycles. The Morgan fingerprint density at radius 3 is 2.71 bits per heavy atom. The highest BCUT2D eigenvalue weighted by atomic mass is 35.5. The van der Waals surface area contributed by atoms with Crippen molar-refractivity contribution in [2.75, 3.05) is 10.6 Å². The summed E-state index contributed by atoms with van der Waals surface area (Å²) < 4.78 is 0. The average molecular weight is 301 g/mol. The van der Waals surface area contributed by atoms with Crippen LogP contribution in [0.1, 0.15) is 13.8 Å². The molecule has 0 aliphatic heterocycles. The number of nitrogens with zero attached hydrogens (tertiary/aromatic N) is 1. The molecule has 108 valence electrons. The van der Waals surface area contributed by atoms with Gasteiger partial charge in [0.15, 0.2) is 5.82 Å². The molecule has 0 fully saturated rings. The fourth-order valence-corrected chi connectivity index (χ4v) is 2.38. The lowest BCUT2D eigenvalue weighted by Crippen LogP contribution is -2.09. The van der Waals surface area contributed by atoms with E-state index >= 15 is 0 Å². The molecule has 0 bridgehead atoms. The van der Waals surface area contributed by atoms with E-state index in [2.05, 4.69) is 34.7 Å². The largest absolute Gasteiger partial charge is 0.366 e. The summed E-state index contributed by atoms with van der Waals surface area (Å²) in [4.78, 5) is 0. The number of aromatic nitrogens is 2. The van der Waals surface area contributed by atoms with Gasteiger partial charge in [0.1, 0.15) is 0 Å². The first-order valence-corrected chi connectivity index (χ1v) is 7.27. The molecule has 0 saturated heterocycles. The average Bonchev–Trinajstić information content (AvgIpc) is 2.83. The second-order valence-corrected chi connectivity index (χ2v) is 5.64. The maximum absolute atomic E-state index is 6.16. The normalized spacial score (nSPS) is 11.0. The molecule has 0 unspecified atom stereocenters. The molecule has 0 atom stereocenters. The van der Waals surface area contributed by atoms with Gasteiger partial charge in [-0.1, -0.05) is 23.7 Å². The summed E-state index contributed by atoms with van der Waals surface area (Å²) in [6, 6.07) is 14.1. The summed E-state index contributed by atoms with van der Waals surface area (Å²) in [5, 5.41) is 15.8. The van der Waals surface area contributed by atoms with Crippen LogP contribution in [0, 0.1) is 0 Å². The molecule has 4 nitrogen and oxygen atoms in total. The second kappa shape index (κ2) is 5.66. The van der Waals surface area contributed by atoms with E-state index in [0.29, 0.717) is 11.1 Å². The molecule has 3 N–H and O–H groups in total. The molecule has 0 aliphatic rings. The molecule has 0 spiro atoms. The molecule has 1 aromatic heterocycles. The van der Waals surface area contributed by atoms with Crippen molar-refractivity contribution in [3.05, 3.63) is 47.5 Å². The number of halogens is 1. The Kier molecular flexibility index (Phi) is 3.71. The molecule has 0 amide bonds. The zero-order chi connectivity index (χ0) is 14.8. The van der Waals surface area contributed by atoms with Crippen LogP contribution in [0.2, 0.25) is 5.02 Å². The fraction of sp³-hybridized carbons (Fsp3) is 0.188. The van der Waals surface area contributed by atoms with E-state index in [1.54, 1.807) is 0 Å². The SMILES string of the molecule is CC(C)Nc1n[nH]c2cc(Nc3ccccc3Cl)ccc12. The smallest absolute Gasteiger partial charge is 0.155 e. The van der Waals surface area contributed by atoms with Crippen LogP contribution in [0.5, 0.6) is 0 Å². The number of H-pyrrole nitrogens is 1. The van der Waals surface area contributed by atoms with Crippen molar-refractivity contribution in [1.29, 1.82) is 0 Å². The van der Waals surface area contributed by atoms with E-state index in [9.17, 15) is 0 Å². The predicted octanol–water partition coefficient (Wildman–Crippen LogP) is 4.78. The topological polar surface area (TPSA) is 52.7 Å². The predicted molar refractivity (Wildman–Crippen MR) is 89.6 cm³/mol.